The Labute approximate surface area is 79.6 Å². The van der Waals surface area contributed by atoms with Gasteiger partial charge in [-0.25, -0.2) is 4.39 Å². The summed E-state index contributed by atoms with van der Waals surface area (Å²) >= 11 is 5.44. The molecule has 3 nitrogen and oxygen atoms in total. The molecule has 0 atom stereocenters. The topological polar surface area (TPSA) is 66.5 Å². The first-order valence-corrected chi connectivity index (χ1v) is 4.04. The van der Waals surface area contributed by atoms with Gasteiger partial charge < -0.3 is 15.9 Å². The third-order valence-electron chi connectivity index (χ3n) is 1.66. The molecule has 1 aromatic carbocycles. The Hall–Kier alpha value is -1.00. The molecule has 0 aromatic heterocycles. The molecule has 0 unspecified atom stereocenters. The Morgan fingerprint density at radius 1 is 1.46 bits per heavy atom. The Morgan fingerprint density at radius 2 is 2.08 bits per heavy atom. The van der Waals surface area contributed by atoms with Gasteiger partial charge in [0.2, 0.25) is 0 Å². The highest BCUT2D eigenvalue weighted by Gasteiger charge is 2.15. The van der Waals surface area contributed by atoms with Gasteiger partial charge >= 0.3 is 0 Å². The number of phenolic OH excluding ortho intramolecular Hbond substituents is 2. The van der Waals surface area contributed by atoms with Gasteiger partial charge in [-0.15, -0.1) is 0 Å². The fourth-order valence-electron chi connectivity index (χ4n) is 1.03. The lowest BCUT2D eigenvalue weighted by Gasteiger charge is -2.07. The number of halogens is 2. The number of nitrogens with two attached hydrogens (primary N) is 1. The van der Waals surface area contributed by atoms with Crippen molar-refractivity contribution in [3.63, 3.8) is 0 Å². The highest BCUT2D eigenvalue weighted by Crippen LogP contribution is 2.35. The van der Waals surface area contributed by atoms with Crippen LogP contribution >= 0.6 is 11.6 Å². The van der Waals surface area contributed by atoms with Gasteiger partial charge in [-0.3, -0.25) is 0 Å². The summed E-state index contributed by atoms with van der Waals surface area (Å²) in [6.07, 6.45) is 0.131. The van der Waals surface area contributed by atoms with Crippen molar-refractivity contribution in [2.24, 2.45) is 5.73 Å². The summed E-state index contributed by atoms with van der Waals surface area (Å²) in [4.78, 5) is 0. The predicted octanol–water partition coefficient (Wildman–Crippen LogP) is 1.39. The van der Waals surface area contributed by atoms with E-state index < -0.39 is 17.3 Å². The van der Waals surface area contributed by atoms with Gasteiger partial charge in [0.25, 0.3) is 0 Å². The van der Waals surface area contributed by atoms with Crippen LogP contribution in [0.5, 0.6) is 11.5 Å². The minimum atomic E-state index is -0.734. The quantitative estimate of drug-likeness (QED) is 0.640. The maximum atomic E-state index is 13.2. The first-order valence-electron chi connectivity index (χ1n) is 3.66. The zero-order valence-corrected chi connectivity index (χ0v) is 7.48. The smallest absolute Gasteiger partial charge is 0.163 e. The van der Waals surface area contributed by atoms with Crippen molar-refractivity contribution in [1.82, 2.24) is 0 Å². The van der Waals surface area contributed by atoms with Crippen molar-refractivity contribution in [3.8, 4) is 11.5 Å². The van der Waals surface area contributed by atoms with Crippen molar-refractivity contribution < 1.29 is 14.6 Å². The average Bonchev–Trinajstić information content (AvgIpc) is 2.09. The predicted molar refractivity (Wildman–Crippen MR) is 47.5 cm³/mol. The molecule has 0 radical (unpaired) electrons. The summed E-state index contributed by atoms with van der Waals surface area (Å²) in [5.41, 5.74) is 5.15. The molecule has 13 heavy (non-hydrogen) atoms. The second kappa shape index (κ2) is 3.81. The van der Waals surface area contributed by atoms with Crippen LogP contribution in [0.25, 0.3) is 0 Å². The maximum Gasteiger partial charge on any atom is 0.163 e. The van der Waals surface area contributed by atoms with Crippen LogP contribution in [0.4, 0.5) is 4.39 Å². The summed E-state index contributed by atoms with van der Waals surface area (Å²) < 4.78 is 13.2. The normalized spacial score (nSPS) is 10.4. The molecule has 0 saturated heterocycles. The average molecular weight is 206 g/mol. The molecule has 1 aromatic rings. The van der Waals surface area contributed by atoms with Crippen molar-refractivity contribution in [2.75, 3.05) is 6.54 Å². The van der Waals surface area contributed by atoms with E-state index in [2.05, 4.69) is 0 Å². The number of benzene rings is 1. The lowest BCUT2D eigenvalue weighted by molar-refractivity contribution is 0.394. The minimum Gasteiger partial charge on any atom is -0.504 e. The summed E-state index contributed by atoms with van der Waals surface area (Å²) in [7, 11) is 0. The Morgan fingerprint density at radius 3 is 2.62 bits per heavy atom. The zero-order valence-electron chi connectivity index (χ0n) is 6.72. The van der Waals surface area contributed by atoms with E-state index in [0.29, 0.717) is 0 Å². The van der Waals surface area contributed by atoms with Crippen molar-refractivity contribution in [3.05, 3.63) is 22.5 Å². The first kappa shape index (κ1) is 10.1. The molecule has 0 aliphatic rings. The lowest BCUT2D eigenvalue weighted by Crippen LogP contribution is -2.05. The van der Waals surface area contributed by atoms with Gasteiger partial charge in [0.1, 0.15) is 5.82 Å². The molecule has 0 fully saturated rings. The second-order valence-corrected chi connectivity index (χ2v) is 2.96. The zero-order chi connectivity index (χ0) is 10.0. The van der Waals surface area contributed by atoms with Gasteiger partial charge in [0.15, 0.2) is 11.5 Å². The molecular formula is C8H9ClFNO2. The van der Waals surface area contributed by atoms with E-state index in [1.165, 1.54) is 0 Å². The second-order valence-electron chi connectivity index (χ2n) is 2.56. The monoisotopic (exact) mass is 205 g/mol. The summed E-state index contributed by atoms with van der Waals surface area (Å²) in [5, 5.41) is 18.1. The summed E-state index contributed by atoms with van der Waals surface area (Å²) in [6, 6.07) is 0.951. The van der Waals surface area contributed by atoms with Crippen molar-refractivity contribution >= 4 is 11.6 Å². The third kappa shape index (κ3) is 1.84. The van der Waals surface area contributed by atoms with Crippen LogP contribution in [0.15, 0.2) is 6.07 Å². The molecule has 5 heteroatoms. The number of hydrogen-bond donors (Lipinski definition) is 3. The largest absolute Gasteiger partial charge is 0.504 e. The van der Waals surface area contributed by atoms with Gasteiger partial charge in [-0.05, 0) is 13.0 Å². The number of aromatic hydroxyl groups is 2. The maximum absolute atomic E-state index is 13.2. The first-order chi connectivity index (χ1) is 6.07. The van der Waals surface area contributed by atoms with Crippen LogP contribution in [0.3, 0.4) is 0 Å². The molecule has 0 spiro atoms. The van der Waals surface area contributed by atoms with Crippen LogP contribution < -0.4 is 5.73 Å². The van der Waals surface area contributed by atoms with E-state index >= 15 is 0 Å². The van der Waals surface area contributed by atoms with Crippen LogP contribution in [-0.2, 0) is 6.42 Å². The fraction of sp³-hybridized carbons (Fsp3) is 0.250. The van der Waals surface area contributed by atoms with Gasteiger partial charge in [0.05, 0.1) is 5.02 Å². The van der Waals surface area contributed by atoms with E-state index in [-0.39, 0.29) is 23.6 Å². The fourth-order valence-corrected chi connectivity index (χ4v) is 1.24. The molecule has 0 bridgehead atoms. The molecule has 1 rings (SSSR count). The molecule has 0 saturated carbocycles. The summed E-state index contributed by atoms with van der Waals surface area (Å²) in [5.74, 6) is -1.66. The molecule has 0 heterocycles. The van der Waals surface area contributed by atoms with Gasteiger partial charge in [-0.2, -0.15) is 0 Å². The van der Waals surface area contributed by atoms with E-state index in [9.17, 15) is 9.50 Å². The standard InChI is InChI=1S/C8H9ClFNO2/c9-5-3-6(12)8(13)4(1-2-11)7(5)10/h3,12-13H,1-2,11H2. The molecule has 0 amide bonds. The third-order valence-corrected chi connectivity index (χ3v) is 1.94. The summed E-state index contributed by atoms with van der Waals surface area (Å²) in [6.45, 7) is 0.171. The Bertz CT molecular complexity index is 304. The Kier molecular flexibility index (Phi) is 2.95. The SMILES string of the molecule is NCCc1c(O)c(O)cc(Cl)c1F. The molecule has 0 aliphatic heterocycles. The van der Waals surface area contributed by atoms with Crippen molar-refractivity contribution in [1.29, 1.82) is 0 Å². The Balaban J connectivity index is 3.28. The van der Waals surface area contributed by atoms with E-state index in [4.69, 9.17) is 22.4 Å². The number of hydrogen-bond acceptors (Lipinski definition) is 3. The van der Waals surface area contributed by atoms with Crippen LogP contribution in [0, 0.1) is 5.82 Å². The number of rotatable bonds is 2. The number of phenols is 2. The highest BCUT2D eigenvalue weighted by molar-refractivity contribution is 6.31. The van der Waals surface area contributed by atoms with E-state index in [1.807, 2.05) is 0 Å². The molecule has 4 N–H and O–H groups in total. The van der Waals surface area contributed by atoms with Gasteiger partial charge in [-0.1, -0.05) is 11.6 Å². The highest BCUT2D eigenvalue weighted by atomic mass is 35.5. The van der Waals surface area contributed by atoms with Crippen molar-refractivity contribution in [2.45, 2.75) is 6.42 Å². The van der Waals surface area contributed by atoms with Crippen LogP contribution in [0.2, 0.25) is 5.02 Å². The van der Waals surface area contributed by atoms with Crippen LogP contribution in [0.1, 0.15) is 5.56 Å². The molecule has 0 aliphatic carbocycles. The lowest BCUT2D eigenvalue weighted by atomic mass is 10.1. The van der Waals surface area contributed by atoms with E-state index in [1.54, 1.807) is 0 Å². The molecular weight excluding hydrogens is 197 g/mol. The minimum absolute atomic E-state index is 0.0486. The van der Waals surface area contributed by atoms with E-state index in [0.717, 1.165) is 6.07 Å². The van der Waals surface area contributed by atoms with Crippen LogP contribution in [-0.4, -0.2) is 16.8 Å². The van der Waals surface area contributed by atoms with Gasteiger partial charge in [0, 0.05) is 11.6 Å². The molecule has 72 valence electrons.